The highest BCUT2D eigenvalue weighted by molar-refractivity contribution is 7.99. The molecular weight excluding hydrogens is 397 g/mol. The summed E-state index contributed by atoms with van der Waals surface area (Å²) in [4.78, 5) is 13.0. The lowest BCUT2D eigenvalue weighted by molar-refractivity contribution is 0.0871. The summed E-state index contributed by atoms with van der Waals surface area (Å²) in [5, 5.41) is -0.766. The number of hydrogen-bond donors (Lipinski definition) is 1. The van der Waals surface area contributed by atoms with E-state index in [0.29, 0.717) is 35.1 Å². The van der Waals surface area contributed by atoms with E-state index in [2.05, 4.69) is 0 Å². The Morgan fingerprint density at radius 2 is 1.66 bits per heavy atom. The Hall–Kier alpha value is -2.45. The van der Waals surface area contributed by atoms with Crippen LogP contribution < -0.4 is 24.7 Å². The van der Waals surface area contributed by atoms with Crippen molar-refractivity contribution >= 4 is 17.5 Å². The number of Topliss-reactive ketones (excluding diaryl/α,β-unsaturated/α-hetero) is 1. The smallest absolute Gasteiger partial charge is 0.202 e. The van der Waals surface area contributed by atoms with Gasteiger partial charge >= 0.3 is 0 Å². The lowest BCUT2D eigenvalue weighted by atomic mass is 9.99. The lowest BCUT2D eigenvalue weighted by Gasteiger charge is -2.22. The first-order valence-corrected chi connectivity index (χ1v) is 9.99. The summed E-state index contributed by atoms with van der Waals surface area (Å²) >= 11 is 1.28. The summed E-state index contributed by atoms with van der Waals surface area (Å²) in [6.07, 6.45) is -1.81. The van der Waals surface area contributed by atoms with E-state index in [9.17, 15) is 4.79 Å². The SMILES string of the molecule is COc1ccc(C(=O)C(F)C(SCCN)c2ccc(OC)c(OC)c2)c(OC)c1. The van der Waals surface area contributed by atoms with Gasteiger partial charge in [-0.15, -0.1) is 11.8 Å². The van der Waals surface area contributed by atoms with Crippen LogP contribution in [0.1, 0.15) is 21.2 Å². The molecule has 0 aliphatic rings. The van der Waals surface area contributed by atoms with Crippen LogP contribution in [0.4, 0.5) is 4.39 Å². The molecule has 0 spiro atoms. The lowest BCUT2D eigenvalue weighted by Crippen LogP contribution is -2.24. The highest BCUT2D eigenvalue weighted by atomic mass is 32.2. The Bertz CT molecular complexity index is 833. The number of carbonyl (C=O) groups excluding carboxylic acids is 1. The molecule has 2 rings (SSSR count). The van der Waals surface area contributed by atoms with Crippen molar-refractivity contribution in [2.45, 2.75) is 11.4 Å². The van der Waals surface area contributed by atoms with Gasteiger partial charge in [-0.1, -0.05) is 6.07 Å². The van der Waals surface area contributed by atoms with E-state index in [0.717, 1.165) is 0 Å². The summed E-state index contributed by atoms with van der Waals surface area (Å²) in [7, 11) is 5.96. The predicted molar refractivity (Wildman–Crippen MR) is 113 cm³/mol. The highest BCUT2D eigenvalue weighted by Gasteiger charge is 2.33. The number of nitrogens with two attached hydrogens (primary N) is 1. The molecule has 0 bridgehead atoms. The van der Waals surface area contributed by atoms with Gasteiger partial charge in [-0.3, -0.25) is 4.79 Å². The molecule has 2 atom stereocenters. The topological polar surface area (TPSA) is 80.0 Å². The summed E-state index contributed by atoms with van der Waals surface area (Å²) < 4.78 is 36.5. The standard InChI is InChI=1S/C21H26FNO5S/c1-25-14-6-7-15(17(12-14)27-3)20(24)19(22)21(29-10-9-23)13-5-8-16(26-2)18(11-13)28-4/h5-8,11-12,19,21H,9-10,23H2,1-4H3. The Balaban J connectivity index is 2.41. The molecule has 0 heterocycles. The van der Waals surface area contributed by atoms with Crippen LogP contribution in [0, 0.1) is 0 Å². The molecule has 158 valence electrons. The number of ketones is 1. The van der Waals surface area contributed by atoms with Gasteiger partial charge in [-0.2, -0.15) is 0 Å². The van der Waals surface area contributed by atoms with Gasteiger partial charge in [-0.05, 0) is 29.8 Å². The molecule has 2 aromatic rings. The molecule has 0 aliphatic carbocycles. The van der Waals surface area contributed by atoms with Crippen molar-refractivity contribution < 1.29 is 28.1 Å². The number of alkyl halides is 1. The first-order valence-electron chi connectivity index (χ1n) is 8.94. The second kappa shape index (κ2) is 10.9. The number of ether oxygens (including phenoxy) is 4. The fourth-order valence-corrected chi connectivity index (χ4v) is 3.88. The van der Waals surface area contributed by atoms with Crippen LogP contribution in [0.25, 0.3) is 0 Å². The molecule has 29 heavy (non-hydrogen) atoms. The maximum absolute atomic E-state index is 15.5. The van der Waals surface area contributed by atoms with Crippen molar-refractivity contribution in [3.63, 3.8) is 0 Å². The van der Waals surface area contributed by atoms with Crippen molar-refractivity contribution in [2.24, 2.45) is 5.73 Å². The van der Waals surface area contributed by atoms with E-state index in [1.54, 1.807) is 30.3 Å². The van der Waals surface area contributed by atoms with Crippen LogP contribution in [-0.2, 0) is 0 Å². The van der Waals surface area contributed by atoms with Crippen molar-refractivity contribution in [3.05, 3.63) is 47.5 Å². The molecule has 0 fully saturated rings. The van der Waals surface area contributed by atoms with Crippen LogP contribution >= 0.6 is 11.8 Å². The molecule has 0 saturated heterocycles. The fraction of sp³-hybridized carbons (Fsp3) is 0.381. The van der Waals surface area contributed by atoms with Gasteiger partial charge in [0.05, 0.1) is 39.3 Å². The molecule has 8 heteroatoms. The molecule has 6 nitrogen and oxygen atoms in total. The third-order valence-corrected chi connectivity index (χ3v) is 5.68. The Morgan fingerprint density at radius 3 is 2.24 bits per heavy atom. The minimum Gasteiger partial charge on any atom is -0.497 e. The zero-order valence-corrected chi connectivity index (χ0v) is 17.8. The summed E-state index contributed by atoms with van der Waals surface area (Å²) in [6.45, 7) is 0.362. The van der Waals surface area contributed by atoms with Gasteiger partial charge in [0, 0.05) is 18.4 Å². The van der Waals surface area contributed by atoms with Crippen molar-refractivity contribution in [1.82, 2.24) is 0 Å². The zero-order chi connectivity index (χ0) is 21.4. The monoisotopic (exact) mass is 423 g/mol. The fourth-order valence-electron chi connectivity index (χ4n) is 2.86. The van der Waals surface area contributed by atoms with Crippen LogP contribution in [-0.4, -0.2) is 52.7 Å². The third-order valence-electron chi connectivity index (χ3n) is 4.34. The Labute approximate surface area is 174 Å². The molecule has 0 amide bonds. The maximum atomic E-state index is 15.5. The molecule has 2 N–H and O–H groups in total. The van der Waals surface area contributed by atoms with Gasteiger partial charge in [-0.25, -0.2) is 4.39 Å². The summed E-state index contributed by atoms with van der Waals surface area (Å²) in [6, 6.07) is 9.75. The first-order chi connectivity index (χ1) is 14.0. The molecule has 2 unspecified atom stereocenters. The van der Waals surface area contributed by atoms with Crippen LogP contribution in [0.2, 0.25) is 0 Å². The van der Waals surface area contributed by atoms with Crippen molar-refractivity contribution in [3.8, 4) is 23.0 Å². The Kier molecular flexibility index (Phi) is 8.60. The highest BCUT2D eigenvalue weighted by Crippen LogP contribution is 2.40. The number of hydrogen-bond acceptors (Lipinski definition) is 7. The summed E-state index contributed by atoms with van der Waals surface area (Å²) in [5.41, 5.74) is 6.37. The quantitative estimate of drug-likeness (QED) is 0.552. The van der Waals surface area contributed by atoms with E-state index in [1.165, 1.54) is 46.3 Å². The molecule has 0 radical (unpaired) electrons. The van der Waals surface area contributed by atoms with E-state index in [4.69, 9.17) is 24.7 Å². The molecule has 2 aromatic carbocycles. The van der Waals surface area contributed by atoms with Crippen molar-refractivity contribution in [1.29, 1.82) is 0 Å². The van der Waals surface area contributed by atoms with Crippen LogP contribution in [0.3, 0.4) is 0 Å². The number of halogens is 1. The second-order valence-corrected chi connectivity index (χ2v) is 7.28. The normalized spacial score (nSPS) is 12.8. The largest absolute Gasteiger partial charge is 0.497 e. The average Bonchev–Trinajstić information content (AvgIpc) is 2.77. The van der Waals surface area contributed by atoms with Gasteiger partial charge in [0.15, 0.2) is 17.7 Å². The molecule has 0 aliphatic heterocycles. The van der Waals surface area contributed by atoms with E-state index in [1.807, 2.05) is 0 Å². The number of carbonyl (C=O) groups is 1. The Morgan fingerprint density at radius 1 is 0.966 bits per heavy atom. The van der Waals surface area contributed by atoms with Gasteiger partial charge in [0.2, 0.25) is 5.78 Å². The minimum atomic E-state index is -1.81. The van der Waals surface area contributed by atoms with E-state index >= 15 is 4.39 Å². The average molecular weight is 424 g/mol. The molecular formula is C21H26FNO5S. The van der Waals surface area contributed by atoms with Gasteiger partial charge in [0.25, 0.3) is 0 Å². The number of rotatable bonds is 11. The summed E-state index contributed by atoms with van der Waals surface area (Å²) in [5.74, 6) is 1.58. The number of thioether (sulfide) groups is 1. The van der Waals surface area contributed by atoms with Gasteiger partial charge in [0.1, 0.15) is 11.5 Å². The third kappa shape index (κ3) is 5.33. The first kappa shape index (κ1) is 22.8. The molecule has 0 aromatic heterocycles. The predicted octanol–water partition coefficient (Wildman–Crippen LogP) is 3.68. The van der Waals surface area contributed by atoms with E-state index in [-0.39, 0.29) is 11.3 Å². The van der Waals surface area contributed by atoms with Crippen molar-refractivity contribution in [2.75, 3.05) is 40.7 Å². The van der Waals surface area contributed by atoms with Gasteiger partial charge < -0.3 is 24.7 Å². The zero-order valence-electron chi connectivity index (χ0n) is 16.9. The maximum Gasteiger partial charge on any atom is 0.202 e. The number of methoxy groups -OCH3 is 4. The van der Waals surface area contributed by atoms with E-state index < -0.39 is 17.2 Å². The second-order valence-electron chi connectivity index (χ2n) is 6.03. The van der Waals surface area contributed by atoms with Crippen LogP contribution in [0.15, 0.2) is 36.4 Å². The van der Waals surface area contributed by atoms with Crippen LogP contribution in [0.5, 0.6) is 23.0 Å². The minimum absolute atomic E-state index is 0.152. The number of benzene rings is 2. The molecule has 0 saturated carbocycles.